The number of anilines is 1. The summed E-state index contributed by atoms with van der Waals surface area (Å²) in [7, 11) is -4.70. The highest BCUT2D eigenvalue weighted by Crippen LogP contribution is 2.40. The normalized spacial score (nSPS) is 16.6. The average molecular weight is 557 g/mol. The molecule has 37 heavy (non-hydrogen) atoms. The van der Waals surface area contributed by atoms with Gasteiger partial charge in [0.05, 0.1) is 23.5 Å². The topological polar surface area (TPSA) is 90.0 Å². The van der Waals surface area contributed by atoms with Gasteiger partial charge >= 0.3 is 18.3 Å². The molecule has 0 spiro atoms. The number of rotatable bonds is 6. The minimum absolute atomic E-state index is 0.0646. The number of Topliss-reactive ketones (excluding diaryl/α,β-unsaturated/α-hetero) is 1. The van der Waals surface area contributed by atoms with Crippen molar-refractivity contribution in [2.45, 2.75) is 49.2 Å². The lowest BCUT2D eigenvalue weighted by atomic mass is 10.1. The van der Waals surface area contributed by atoms with E-state index in [1.807, 2.05) is 0 Å². The Hall–Kier alpha value is -3.36. The number of ketones is 1. The molecule has 1 unspecified atom stereocenters. The number of esters is 1. The minimum atomic E-state index is -5.36. The summed E-state index contributed by atoms with van der Waals surface area (Å²) < 4.78 is 128. The number of ether oxygens (including phenoxy) is 2. The van der Waals surface area contributed by atoms with Gasteiger partial charge in [0.25, 0.3) is 15.8 Å². The fraction of sp³-hybridized carbons (Fsp3) is 0.364. The van der Waals surface area contributed by atoms with Gasteiger partial charge in [-0.25, -0.2) is 12.8 Å². The van der Waals surface area contributed by atoms with Crippen LogP contribution >= 0.6 is 0 Å². The van der Waals surface area contributed by atoms with Gasteiger partial charge in [-0.1, -0.05) is 6.07 Å². The summed E-state index contributed by atoms with van der Waals surface area (Å²) in [5.74, 6) is -4.96. The summed E-state index contributed by atoms with van der Waals surface area (Å²) in [5, 5.41) is 0. The lowest BCUT2D eigenvalue weighted by Crippen LogP contribution is -2.50. The van der Waals surface area contributed by atoms with E-state index in [2.05, 4.69) is 4.74 Å². The van der Waals surface area contributed by atoms with Crippen LogP contribution < -0.4 is 9.04 Å². The van der Waals surface area contributed by atoms with E-state index in [1.165, 1.54) is 0 Å². The van der Waals surface area contributed by atoms with Gasteiger partial charge in [-0.05, 0) is 55.8 Å². The zero-order valence-electron chi connectivity index (χ0n) is 19.0. The Kier molecular flexibility index (Phi) is 7.25. The monoisotopic (exact) mass is 557 g/mol. The third kappa shape index (κ3) is 5.97. The smallest absolute Gasteiger partial charge is 0.454 e. The predicted octanol–water partition coefficient (Wildman–Crippen LogP) is 4.34. The molecule has 2 aromatic rings. The Bertz CT molecular complexity index is 1300. The number of hydrogen-bond acceptors (Lipinski definition) is 6. The first-order valence-corrected chi connectivity index (χ1v) is 11.7. The van der Waals surface area contributed by atoms with Crippen molar-refractivity contribution in [3.63, 3.8) is 0 Å². The standard InChI is InChI=1S/C22H18F7NO6S/c1-20(2,22(27,28)29)36-18(31)10-12-3-8-16-15(9-12)30(11-17(35-16)19(32)21(24,25)26)37(33,34)14-6-4-13(23)5-7-14/h3-9,17H,10-11H2,1-2H3. The highest BCUT2D eigenvalue weighted by atomic mass is 32.2. The first kappa shape index (κ1) is 28.2. The Morgan fingerprint density at radius 2 is 1.62 bits per heavy atom. The molecular weight excluding hydrogens is 539 g/mol. The second-order valence-corrected chi connectivity index (χ2v) is 10.3. The van der Waals surface area contributed by atoms with Crippen LogP contribution in [0.2, 0.25) is 0 Å². The highest BCUT2D eigenvalue weighted by molar-refractivity contribution is 7.92. The van der Waals surface area contributed by atoms with Crippen molar-refractivity contribution in [1.82, 2.24) is 0 Å². The summed E-state index contributed by atoms with van der Waals surface area (Å²) in [5.41, 5.74) is -3.29. The largest absolute Gasteiger partial charge is 0.478 e. The maximum absolute atomic E-state index is 13.3. The summed E-state index contributed by atoms with van der Waals surface area (Å²) in [6.45, 7) is 0.126. The van der Waals surface area contributed by atoms with Crippen LogP contribution in [0.1, 0.15) is 19.4 Å². The van der Waals surface area contributed by atoms with Gasteiger partial charge in [0.2, 0.25) is 5.60 Å². The molecule has 0 N–H and O–H groups in total. The molecule has 0 aliphatic carbocycles. The quantitative estimate of drug-likeness (QED) is 0.388. The van der Waals surface area contributed by atoms with Crippen LogP contribution in [0.5, 0.6) is 5.75 Å². The summed E-state index contributed by atoms with van der Waals surface area (Å²) in [4.78, 5) is 23.4. The Balaban J connectivity index is 2.01. The third-order valence-corrected chi connectivity index (χ3v) is 7.06. The molecule has 1 aliphatic rings. The number of sulfonamides is 1. The summed E-state index contributed by atoms with van der Waals surface area (Å²) in [6, 6.07) is 6.33. The fourth-order valence-corrected chi connectivity index (χ4v) is 4.70. The van der Waals surface area contributed by atoms with Gasteiger partial charge in [0, 0.05) is 0 Å². The molecular formula is C22H18F7NO6S. The number of halogens is 7. The van der Waals surface area contributed by atoms with Crippen LogP contribution in [0.4, 0.5) is 36.4 Å². The number of fused-ring (bicyclic) bond motifs is 1. The summed E-state index contributed by atoms with van der Waals surface area (Å²) in [6.07, 6.45) is -13.3. The SMILES string of the molecule is CC(C)(OC(=O)Cc1ccc2c(c1)N(S(=O)(=O)c1ccc(F)cc1)CC(C(=O)C(F)(F)F)O2)C(F)(F)F. The Labute approximate surface area is 205 Å². The fourth-order valence-electron chi connectivity index (χ4n) is 3.23. The minimum Gasteiger partial charge on any atom is -0.478 e. The van der Waals surface area contributed by atoms with Crippen molar-refractivity contribution < 1.29 is 58.2 Å². The number of benzene rings is 2. The molecule has 0 saturated heterocycles. The predicted molar refractivity (Wildman–Crippen MR) is 113 cm³/mol. The van der Waals surface area contributed by atoms with E-state index < -0.39 is 80.9 Å². The molecule has 0 radical (unpaired) electrons. The average Bonchev–Trinajstić information content (AvgIpc) is 2.76. The molecule has 0 aromatic heterocycles. The second-order valence-electron chi connectivity index (χ2n) is 8.42. The summed E-state index contributed by atoms with van der Waals surface area (Å²) >= 11 is 0. The van der Waals surface area contributed by atoms with Crippen LogP contribution in [0.25, 0.3) is 0 Å². The Morgan fingerprint density at radius 3 is 2.16 bits per heavy atom. The molecule has 1 heterocycles. The number of carbonyl (C=O) groups excluding carboxylic acids is 2. The number of alkyl halides is 6. The van der Waals surface area contributed by atoms with Crippen molar-refractivity contribution in [3.05, 3.63) is 53.8 Å². The molecule has 3 rings (SSSR count). The molecule has 0 saturated carbocycles. The number of nitrogens with zero attached hydrogens (tertiary/aromatic N) is 1. The third-order valence-electron chi connectivity index (χ3n) is 5.27. The molecule has 1 atom stereocenters. The second kappa shape index (κ2) is 9.50. The van der Waals surface area contributed by atoms with Gasteiger partial charge in [0.15, 0.2) is 6.10 Å². The molecule has 202 valence electrons. The van der Waals surface area contributed by atoms with Gasteiger partial charge in [-0.2, -0.15) is 26.3 Å². The van der Waals surface area contributed by atoms with Crippen molar-refractivity contribution in [2.24, 2.45) is 0 Å². The molecule has 15 heteroatoms. The number of carbonyl (C=O) groups is 2. The van der Waals surface area contributed by atoms with Crippen LogP contribution in [0.15, 0.2) is 47.4 Å². The van der Waals surface area contributed by atoms with Gasteiger partial charge in [-0.3, -0.25) is 13.9 Å². The maximum atomic E-state index is 13.3. The van der Waals surface area contributed by atoms with Gasteiger partial charge < -0.3 is 9.47 Å². The zero-order chi connectivity index (χ0) is 28.0. The van der Waals surface area contributed by atoms with E-state index in [9.17, 15) is 48.7 Å². The lowest BCUT2D eigenvalue weighted by Gasteiger charge is -2.35. The van der Waals surface area contributed by atoms with E-state index in [1.54, 1.807) is 0 Å². The van der Waals surface area contributed by atoms with E-state index >= 15 is 0 Å². The van der Waals surface area contributed by atoms with Crippen molar-refractivity contribution in [2.75, 3.05) is 10.8 Å². The van der Waals surface area contributed by atoms with Crippen molar-refractivity contribution >= 4 is 27.5 Å². The van der Waals surface area contributed by atoms with Crippen LogP contribution in [-0.2, 0) is 30.8 Å². The van der Waals surface area contributed by atoms with Crippen molar-refractivity contribution in [3.8, 4) is 5.75 Å². The molecule has 7 nitrogen and oxygen atoms in total. The molecule has 1 aliphatic heterocycles. The zero-order valence-corrected chi connectivity index (χ0v) is 19.8. The molecule has 0 bridgehead atoms. The van der Waals surface area contributed by atoms with Crippen LogP contribution in [-0.4, -0.2) is 50.8 Å². The van der Waals surface area contributed by atoms with E-state index in [0.717, 1.165) is 42.5 Å². The van der Waals surface area contributed by atoms with E-state index in [4.69, 9.17) is 4.74 Å². The van der Waals surface area contributed by atoms with Gasteiger partial charge in [0.1, 0.15) is 11.6 Å². The Morgan fingerprint density at radius 1 is 1.03 bits per heavy atom. The number of hydrogen-bond donors (Lipinski definition) is 0. The molecule has 2 aromatic carbocycles. The first-order valence-electron chi connectivity index (χ1n) is 10.3. The molecule has 0 fully saturated rings. The molecule has 0 amide bonds. The van der Waals surface area contributed by atoms with Crippen molar-refractivity contribution in [1.29, 1.82) is 0 Å². The van der Waals surface area contributed by atoms with E-state index in [0.29, 0.717) is 18.2 Å². The maximum Gasteiger partial charge on any atom is 0.454 e. The van der Waals surface area contributed by atoms with Gasteiger partial charge in [-0.15, -0.1) is 0 Å². The lowest BCUT2D eigenvalue weighted by molar-refractivity contribution is -0.257. The first-order chi connectivity index (χ1) is 16.8. The van der Waals surface area contributed by atoms with Crippen LogP contribution in [0, 0.1) is 5.82 Å². The van der Waals surface area contributed by atoms with Crippen LogP contribution in [0.3, 0.4) is 0 Å². The van der Waals surface area contributed by atoms with E-state index in [-0.39, 0.29) is 5.56 Å². The highest BCUT2D eigenvalue weighted by Gasteiger charge is 2.51.